The minimum absolute atomic E-state index is 0.0497. The van der Waals surface area contributed by atoms with E-state index < -0.39 is 11.6 Å². The number of anilines is 1. The predicted octanol–water partition coefficient (Wildman–Crippen LogP) is 2.70. The first-order valence-corrected chi connectivity index (χ1v) is 4.84. The number of benzene rings is 1. The maximum absolute atomic E-state index is 13.6. The Hall–Kier alpha value is -1.43. The maximum Gasteiger partial charge on any atom is 0.192 e. The number of nitrogens with two attached hydrogens (primary N) is 1. The van der Waals surface area contributed by atoms with E-state index in [9.17, 15) is 8.78 Å². The molecule has 0 bridgehead atoms. The van der Waals surface area contributed by atoms with Crippen LogP contribution in [0.4, 0.5) is 14.6 Å². The Bertz CT molecular complexity index is 510. The number of nitrogen functional groups attached to an aromatic ring is 1. The molecule has 2 rings (SSSR count). The van der Waals surface area contributed by atoms with Gasteiger partial charge in [-0.3, -0.25) is 5.10 Å². The van der Waals surface area contributed by atoms with Crippen LogP contribution in [0.1, 0.15) is 0 Å². The molecule has 0 aliphatic rings. The highest BCUT2D eigenvalue weighted by Crippen LogP contribution is 2.29. The molecule has 1 aromatic carbocycles. The average Bonchev–Trinajstić information content (AvgIpc) is 2.53. The van der Waals surface area contributed by atoms with Gasteiger partial charge in [0.2, 0.25) is 0 Å². The SMILES string of the molecule is Nc1n[nH]c(-c2cccc(Br)c2F)c1F. The third-order valence-electron chi connectivity index (χ3n) is 1.95. The van der Waals surface area contributed by atoms with Crippen molar-refractivity contribution in [3.8, 4) is 11.3 Å². The summed E-state index contributed by atoms with van der Waals surface area (Å²) < 4.78 is 27.2. The number of aromatic amines is 1. The zero-order valence-electron chi connectivity index (χ0n) is 7.39. The van der Waals surface area contributed by atoms with Gasteiger partial charge < -0.3 is 5.73 Å². The fourth-order valence-corrected chi connectivity index (χ4v) is 1.58. The van der Waals surface area contributed by atoms with Gasteiger partial charge in [-0.05, 0) is 28.1 Å². The summed E-state index contributed by atoms with van der Waals surface area (Å²) >= 11 is 3.01. The average molecular weight is 274 g/mol. The molecule has 0 radical (unpaired) electrons. The molecule has 1 aromatic heterocycles. The van der Waals surface area contributed by atoms with Crippen molar-refractivity contribution in [1.29, 1.82) is 0 Å². The molecule has 1 heterocycles. The highest BCUT2D eigenvalue weighted by molar-refractivity contribution is 9.10. The van der Waals surface area contributed by atoms with E-state index in [1.54, 1.807) is 6.07 Å². The van der Waals surface area contributed by atoms with Crippen molar-refractivity contribution in [1.82, 2.24) is 10.2 Å². The zero-order chi connectivity index (χ0) is 11.0. The lowest BCUT2D eigenvalue weighted by atomic mass is 10.1. The summed E-state index contributed by atoms with van der Waals surface area (Å²) in [5.41, 5.74) is 5.25. The van der Waals surface area contributed by atoms with Crippen LogP contribution in [-0.2, 0) is 0 Å². The fourth-order valence-electron chi connectivity index (χ4n) is 1.22. The number of rotatable bonds is 1. The first kappa shape index (κ1) is 10.1. The molecule has 2 aromatic rings. The molecule has 6 heteroatoms. The van der Waals surface area contributed by atoms with Gasteiger partial charge in [-0.2, -0.15) is 5.10 Å². The molecular formula is C9H6BrF2N3. The summed E-state index contributed by atoms with van der Waals surface area (Å²) in [4.78, 5) is 0. The third-order valence-corrected chi connectivity index (χ3v) is 2.57. The van der Waals surface area contributed by atoms with E-state index in [1.807, 2.05) is 0 Å². The monoisotopic (exact) mass is 273 g/mol. The van der Waals surface area contributed by atoms with Gasteiger partial charge >= 0.3 is 0 Å². The first-order chi connectivity index (χ1) is 7.11. The number of hydrogen-bond donors (Lipinski definition) is 2. The van der Waals surface area contributed by atoms with E-state index in [0.717, 1.165) is 0 Å². The summed E-state index contributed by atoms with van der Waals surface area (Å²) in [5, 5.41) is 5.81. The van der Waals surface area contributed by atoms with Crippen molar-refractivity contribution in [3.63, 3.8) is 0 Å². The number of nitrogens with zero attached hydrogens (tertiary/aromatic N) is 1. The summed E-state index contributed by atoms with van der Waals surface area (Å²) in [7, 11) is 0. The van der Waals surface area contributed by atoms with Crippen LogP contribution in [0.5, 0.6) is 0 Å². The summed E-state index contributed by atoms with van der Waals surface area (Å²) in [6, 6.07) is 4.56. The highest BCUT2D eigenvalue weighted by Gasteiger charge is 2.16. The van der Waals surface area contributed by atoms with Crippen molar-refractivity contribution in [3.05, 3.63) is 34.3 Å². The van der Waals surface area contributed by atoms with Gasteiger partial charge in [0, 0.05) is 5.56 Å². The number of nitrogens with one attached hydrogen (secondary N) is 1. The second-order valence-electron chi connectivity index (χ2n) is 2.90. The quantitative estimate of drug-likeness (QED) is 0.840. The van der Waals surface area contributed by atoms with E-state index in [4.69, 9.17) is 5.73 Å². The molecule has 78 valence electrons. The fraction of sp³-hybridized carbons (Fsp3) is 0. The van der Waals surface area contributed by atoms with E-state index in [-0.39, 0.29) is 21.5 Å². The maximum atomic E-state index is 13.6. The molecule has 3 N–H and O–H groups in total. The molecular weight excluding hydrogens is 268 g/mol. The molecule has 0 saturated carbocycles. The Morgan fingerprint density at radius 2 is 2.00 bits per heavy atom. The van der Waals surface area contributed by atoms with Gasteiger partial charge in [-0.25, -0.2) is 8.78 Å². The Balaban J connectivity index is 2.64. The number of hydrogen-bond acceptors (Lipinski definition) is 2. The second kappa shape index (κ2) is 3.62. The Kier molecular flexibility index (Phi) is 2.44. The van der Waals surface area contributed by atoms with Gasteiger partial charge in [0.15, 0.2) is 11.6 Å². The normalized spacial score (nSPS) is 10.6. The number of halogens is 3. The Morgan fingerprint density at radius 1 is 1.27 bits per heavy atom. The van der Waals surface area contributed by atoms with Crippen molar-refractivity contribution in [2.45, 2.75) is 0 Å². The van der Waals surface area contributed by atoms with Crippen LogP contribution >= 0.6 is 15.9 Å². The van der Waals surface area contributed by atoms with E-state index in [1.165, 1.54) is 12.1 Å². The van der Waals surface area contributed by atoms with Crippen LogP contribution in [0.2, 0.25) is 0 Å². The van der Waals surface area contributed by atoms with E-state index in [0.29, 0.717) is 0 Å². The molecule has 3 nitrogen and oxygen atoms in total. The molecule has 0 unspecified atom stereocenters. The van der Waals surface area contributed by atoms with Gasteiger partial charge in [-0.15, -0.1) is 0 Å². The Morgan fingerprint density at radius 3 is 2.60 bits per heavy atom. The molecule has 15 heavy (non-hydrogen) atoms. The van der Waals surface area contributed by atoms with Crippen LogP contribution in [0.25, 0.3) is 11.3 Å². The lowest BCUT2D eigenvalue weighted by molar-refractivity contribution is 0.614. The van der Waals surface area contributed by atoms with Gasteiger partial charge in [0.05, 0.1) is 4.47 Å². The minimum Gasteiger partial charge on any atom is -0.380 e. The van der Waals surface area contributed by atoms with E-state index in [2.05, 4.69) is 26.1 Å². The molecule has 0 atom stereocenters. The second-order valence-corrected chi connectivity index (χ2v) is 3.75. The van der Waals surface area contributed by atoms with Crippen molar-refractivity contribution >= 4 is 21.7 Å². The molecule has 0 spiro atoms. The largest absolute Gasteiger partial charge is 0.380 e. The molecule has 0 saturated heterocycles. The Labute approximate surface area is 92.4 Å². The molecule has 0 aliphatic heterocycles. The minimum atomic E-state index is -0.744. The van der Waals surface area contributed by atoms with Gasteiger partial charge in [-0.1, -0.05) is 6.07 Å². The van der Waals surface area contributed by atoms with Crippen LogP contribution in [0, 0.1) is 11.6 Å². The third kappa shape index (κ3) is 1.61. The first-order valence-electron chi connectivity index (χ1n) is 4.05. The number of aromatic nitrogens is 2. The summed E-state index contributed by atoms with van der Waals surface area (Å²) in [5.74, 6) is -1.57. The molecule has 0 amide bonds. The van der Waals surface area contributed by atoms with Crippen LogP contribution in [-0.4, -0.2) is 10.2 Å². The summed E-state index contributed by atoms with van der Waals surface area (Å²) in [6.07, 6.45) is 0. The van der Waals surface area contributed by atoms with Crippen LogP contribution < -0.4 is 5.73 Å². The smallest absolute Gasteiger partial charge is 0.192 e. The standard InChI is InChI=1S/C9H6BrF2N3/c10-5-3-1-2-4(6(5)11)8-7(12)9(13)15-14-8/h1-3H,(H3,13,14,15). The van der Waals surface area contributed by atoms with Gasteiger partial charge in [0.25, 0.3) is 0 Å². The van der Waals surface area contributed by atoms with Crippen LogP contribution in [0.3, 0.4) is 0 Å². The number of H-pyrrole nitrogens is 1. The highest BCUT2D eigenvalue weighted by atomic mass is 79.9. The van der Waals surface area contributed by atoms with Crippen LogP contribution in [0.15, 0.2) is 22.7 Å². The van der Waals surface area contributed by atoms with Crippen molar-refractivity contribution in [2.24, 2.45) is 0 Å². The molecule has 0 fully saturated rings. The topological polar surface area (TPSA) is 54.7 Å². The zero-order valence-corrected chi connectivity index (χ0v) is 8.98. The van der Waals surface area contributed by atoms with Crippen molar-refractivity contribution in [2.75, 3.05) is 5.73 Å². The van der Waals surface area contributed by atoms with Crippen molar-refractivity contribution < 1.29 is 8.78 Å². The predicted molar refractivity (Wildman–Crippen MR) is 56.1 cm³/mol. The summed E-state index contributed by atoms with van der Waals surface area (Å²) in [6.45, 7) is 0. The van der Waals surface area contributed by atoms with Gasteiger partial charge in [0.1, 0.15) is 11.5 Å². The lowest BCUT2D eigenvalue weighted by Gasteiger charge is -2.01. The molecule has 0 aliphatic carbocycles. The lowest BCUT2D eigenvalue weighted by Crippen LogP contribution is -1.90. The van der Waals surface area contributed by atoms with E-state index >= 15 is 0 Å².